The van der Waals surface area contributed by atoms with E-state index in [2.05, 4.69) is 6.92 Å². The highest BCUT2D eigenvalue weighted by atomic mass is 32.2. The number of aryl methyl sites for hydroxylation is 1. The molecule has 1 saturated carbocycles. The molecule has 18 nitrogen and oxygen atoms in total. The van der Waals surface area contributed by atoms with Gasteiger partial charge in [0, 0.05) is 52.0 Å². The zero-order chi connectivity index (χ0) is 63.9. The number of rotatable bonds is 17. The van der Waals surface area contributed by atoms with Crippen molar-refractivity contribution >= 4 is 89.0 Å². The van der Waals surface area contributed by atoms with E-state index in [1.807, 2.05) is 32.6 Å². The number of nitrogens with zero attached hydrogens (tertiary/aromatic N) is 1. The fourth-order valence-electron chi connectivity index (χ4n) is 4.36. The third-order valence-corrected chi connectivity index (χ3v) is 10.9. The van der Waals surface area contributed by atoms with Crippen molar-refractivity contribution in [3.8, 4) is 0 Å². The molecule has 0 saturated heterocycles. The van der Waals surface area contributed by atoms with Gasteiger partial charge in [-0.05, 0) is 78.4 Å². The molecule has 34 heteroatoms. The summed E-state index contributed by atoms with van der Waals surface area (Å²) < 4.78 is 212. The summed E-state index contributed by atoms with van der Waals surface area (Å²) in [5, 5.41) is 23.9. The molecule has 0 N–H and O–H groups in total. The largest absolute Gasteiger partial charge is 0.748 e. The molecule has 0 amide bonds. The van der Waals surface area contributed by atoms with Gasteiger partial charge in [-0.2, -0.15) is 39.5 Å². The van der Waals surface area contributed by atoms with Gasteiger partial charge in [-0.25, -0.2) is 34.0 Å². The van der Waals surface area contributed by atoms with Gasteiger partial charge >= 0.3 is 23.3 Å². The molecule has 464 valence electrons. The predicted molar refractivity (Wildman–Crippen MR) is 260 cm³/mol. The van der Waals surface area contributed by atoms with Gasteiger partial charge in [0.25, 0.3) is 5.92 Å². The quantitative estimate of drug-likeness (QED) is 0.0710. The number of benzene rings is 1. The number of alkyl halides is 11. The van der Waals surface area contributed by atoms with Crippen LogP contribution in [0.25, 0.3) is 0 Å². The number of carboxylic acids is 3. The Balaban J connectivity index is -0.000000148. The van der Waals surface area contributed by atoms with Crippen molar-refractivity contribution < 1.29 is 126 Å². The lowest BCUT2D eigenvalue weighted by molar-refractivity contribution is -0.387. The molecular weight excluding hydrogens is 1180 g/mol. The second-order valence-corrected chi connectivity index (χ2v) is 21.6. The predicted octanol–water partition coefficient (Wildman–Crippen LogP) is 6.34. The summed E-state index contributed by atoms with van der Waals surface area (Å²) in [5.41, 5.74) is 0.928. The molecular formula is C44H67F11NO17S5-7. The monoisotopic (exact) mass is 1250 g/mol. The molecule has 0 spiro atoms. The van der Waals surface area contributed by atoms with Gasteiger partial charge in [-0.3, -0.25) is 0 Å². The van der Waals surface area contributed by atoms with Crippen molar-refractivity contribution in [2.75, 3.05) is 19.3 Å². The Bertz CT molecular complexity index is 2170. The lowest BCUT2D eigenvalue weighted by Gasteiger charge is -2.28. The summed E-state index contributed by atoms with van der Waals surface area (Å²) in [6.45, 7) is 15.4. The standard InChI is InChI=1S/C11H20O.C7H8O3S.C6H12O.C5H11NS2.C5H10O2.C4HF7O2.C3H4F2O2.C2H4F2O3S.CH4O3S/c1-10(12)6-5-9-11-7-3-2-4-8-11;1-6-2-4-7(5-3-6)11(8,9)10;1-3-4-5-6(2)7;1-3-6(4-2)5(7)8;1-2-3-4-5(6)7;5-2(6,1(12)13)3(7,8)4(9,10)11;1-3(4,5)2(6)7;1-2(3,4)8(5,6)7;1-5(2,3)4/h11H,2-9H2,1H3;2-5H,1H3,(H,8,9,10);3-5H2,1-2H3;3-4H2,1-2H3,(H,7,8);2-4H2,1H3,(H,6,7);(H,12,13);1H3,(H,6,7);1H3,(H,5,6,7);1H3,(H,2,3,4)/p-7. The summed E-state index contributed by atoms with van der Waals surface area (Å²) in [4.78, 5) is 50.8. The molecule has 0 bridgehead atoms. The molecule has 2 rings (SSSR count). The highest BCUT2D eigenvalue weighted by Gasteiger charge is 2.73. The van der Waals surface area contributed by atoms with E-state index in [1.54, 1.807) is 26.0 Å². The lowest BCUT2D eigenvalue weighted by Crippen LogP contribution is -2.60. The summed E-state index contributed by atoms with van der Waals surface area (Å²) in [6, 6.07) is 5.78. The van der Waals surface area contributed by atoms with E-state index in [4.69, 9.17) is 47.7 Å². The Hall–Kier alpha value is -3.96. The summed E-state index contributed by atoms with van der Waals surface area (Å²) in [5.74, 6) is -22.1. The van der Waals surface area contributed by atoms with Gasteiger partial charge in [0.2, 0.25) is 0 Å². The van der Waals surface area contributed by atoms with Crippen molar-refractivity contribution in [3.05, 3.63) is 29.8 Å². The van der Waals surface area contributed by atoms with Crippen LogP contribution in [0.2, 0.25) is 0 Å². The average molecular weight is 1250 g/mol. The van der Waals surface area contributed by atoms with Gasteiger partial charge in [0.1, 0.15) is 33.6 Å². The van der Waals surface area contributed by atoms with Crippen LogP contribution in [0.4, 0.5) is 48.3 Å². The van der Waals surface area contributed by atoms with Crippen LogP contribution in [0.5, 0.6) is 0 Å². The Morgan fingerprint density at radius 1 is 0.654 bits per heavy atom. The highest BCUT2D eigenvalue weighted by Crippen LogP contribution is 2.46. The van der Waals surface area contributed by atoms with Crippen LogP contribution in [-0.4, -0.2) is 126 Å². The molecule has 1 aromatic rings. The minimum atomic E-state index is -6.64. The number of hydrogen-bond donors (Lipinski definition) is 0. The molecule has 1 aromatic carbocycles. The fourth-order valence-corrected chi connectivity index (χ4v) is 5.34. The third-order valence-electron chi connectivity index (χ3n) is 8.62. The first kappa shape index (κ1) is 87.9. The Morgan fingerprint density at radius 3 is 1.17 bits per heavy atom. The zero-order valence-electron chi connectivity index (χ0n) is 44.3. The molecule has 78 heavy (non-hydrogen) atoms. The van der Waals surface area contributed by atoms with Crippen LogP contribution < -0.4 is 15.3 Å². The second kappa shape index (κ2) is 42.9. The molecule has 0 aromatic heterocycles. The molecule has 0 atom stereocenters. The van der Waals surface area contributed by atoms with Crippen LogP contribution in [0.3, 0.4) is 0 Å². The van der Waals surface area contributed by atoms with Crippen LogP contribution >= 0.6 is 12.2 Å². The molecule has 1 aliphatic carbocycles. The number of thiocarbonyl (C=S) groups is 1. The molecule has 0 heterocycles. The van der Waals surface area contributed by atoms with Gasteiger partial charge in [-0.1, -0.05) is 87.2 Å². The van der Waals surface area contributed by atoms with Crippen molar-refractivity contribution in [2.45, 2.75) is 186 Å². The van der Waals surface area contributed by atoms with Gasteiger partial charge < -0.3 is 82.7 Å². The number of hydrogen-bond acceptors (Lipinski definition) is 19. The normalized spacial score (nSPS) is 12.7. The number of carbonyl (C=O) groups excluding carboxylic acids is 5. The minimum absolute atomic E-state index is 0.0370. The number of halogens is 11. The smallest absolute Gasteiger partial charge is 0.460 e. The zero-order valence-corrected chi connectivity index (χ0v) is 48.4. The Labute approximate surface area is 460 Å². The molecule has 1 fully saturated rings. The van der Waals surface area contributed by atoms with Gasteiger partial charge in [0.05, 0.1) is 15.0 Å². The van der Waals surface area contributed by atoms with Crippen LogP contribution in [-0.2, 0) is 67.0 Å². The SMILES string of the molecule is CC(=O)CCCC1CCCCC1.CC(F)(F)C(=O)[O-].CC(F)(F)S(=O)(=O)[O-].CCCCC(=O)[O-].CCCCC(C)=O.CCN(CC)C(=S)[S-].CS(=O)(=O)[O-].Cc1ccc(S(=O)(=O)[O-])cc1.O=C([O-])C(F)(F)C(F)(F)C(F)(F)F. The Morgan fingerprint density at radius 2 is 0.987 bits per heavy atom. The van der Waals surface area contributed by atoms with E-state index < -0.39 is 77.5 Å². The number of carboxylic acid groups (broad SMARTS) is 3. The second-order valence-electron chi connectivity index (χ2n) is 16.2. The molecule has 0 radical (unpaired) electrons. The van der Waals surface area contributed by atoms with Crippen molar-refractivity contribution in [2.24, 2.45) is 5.92 Å². The van der Waals surface area contributed by atoms with E-state index in [9.17, 15) is 104 Å². The maximum Gasteiger partial charge on any atom is 0.460 e. The van der Waals surface area contributed by atoms with Crippen LogP contribution in [0, 0.1) is 12.8 Å². The number of carbonyl (C=O) groups is 5. The third kappa shape index (κ3) is 55.4. The van der Waals surface area contributed by atoms with E-state index in [0.717, 1.165) is 69.5 Å². The maximum atomic E-state index is 11.7. The first-order valence-electron chi connectivity index (χ1n) is 22.7. The lowest BCUT2D eigenvalue weighted by atomic mass is 9.85. The number of ketones is 2. The van der Waals surface area contributed by atoms with Gasteiger partial charge in [0.15, 0.2) is 10.1 Å². The van der Waals surface area contributed by atoms with Crippen molar-refractivity contribution in [1.82, 2.24) is 4.90 Å². The van der Waals surface area contributed by atoms with E-state index in [0.29, 0.717) is 22.1 Å². The Kier molecular flexibility index (Phi) is 48.3. The summed E-state index contributed by atoms with van der Waals surface area (Å²) in [7, 11) is -13.6. The topological polar surface area (TPSA) is 329 Å². The average Bonchev–Trinajstić information content (AvgIpc) is 3.25. The maximum absolute atomic E-state index is 11.7. The van der Waals surface area contributed by atoms with Gasteiger partial charge in [-0.15, -0.1) is 0 Å². The van der Waals surface area contributed by atoms with Crippen LogP contribution in [0.15, 0.2) is 29.2 Å². The van der Waals surface area contributed by atoms with E-state index in [1.165, 1.54) is 50.7 Å². The number of unbranched alkanes of at least 4 members (excludes halogenated alkanes) is 2. The summed E-state index contributed by atoms with van der Waals surface area (Å²) in [6.07, 6.45) is 9.09. The number of aliphatic carboxylic acids is 3. The summed E-state index contributed by atoms with van der Waals surface area (Å²) >= 11 is 9.51. The molecule has 0 unspecified atom stereocenters. The van der Waals surface area contributed by atoms with E-state index >= 15 is 0 Å². The van der Waals surface area contributed by atoms with E-state index in [-0.39, 0.29) is 25.2 Å². The van der Waals surface area contributed by atoms with Crippen molar-refractivity contribution in [1.29, 1.82) is 0 Å². The highest BCUT2D eigenvalue weighted by molar-refractivity contribution is 8.00. The fraction of sp³-hybridized carbons (Fsp3) is 0.727. The minimum Gasteiger partial charge on any atom is -0.748 e. The van der Waals surface area contributed by atoms with Crippen molar-refractivity contribution in [3.63, 3.8) is 0 Å². The molecule has 0 aliphatic heterocycles. The number of Topliss-reactive ketones (excluding diaryl/α,β-unsaturated/α-hetero) is 2. The van der Waals surface area contributed by atoms with Crippen LogP contribution in [0.1, 0.15) is 151 Å². The first-order valence-corrected chi connectivity index (χ1v) is 28.2. The first-order chi connectivity index (χ1) is 34.7. The molecule has 1 aliphatic rings.